The summed E-state index contributed by atoms with van der Waals surface area (Å²) in [6, 6.07) is 4.64. The lowest BCUT2D eigenvalue weighted by atomic mass is 10.1. The summed E-state index contributed by atoms with van der Waals surface area (Å²) in [4.78, 5) is 34.3. The van der Waals surface area contributed by atoms with Crippen molar-refractivity contribution >= 4 is 28.8 Å². The molecule has 1 aromatic heterocycles. The zero-order valence-electron chi connectivity index (χ0n) is 16.1. The van der Waals surface area contributed by atoms with Crippen LogP contribution in [0.5, 0.6) is 0 Å². The van der Waals surface area contributed by atoms with E-state index in [4.69, 9.17) is 4.74 Å². The van der Waals surface area contributed by atoms with Gasteiger partial charge in [0.2, 0.25) is 5.95 Å². The highest BCUT2D eigenvalue weighted by atomic mass is 16.6. The van der Waals surface area contributed by atoms with Crippen LogP contribution in [-0.4, -0.2) is 57.7 Å². The number of hydrogen-bond donors (Lipinski definition) is 1. The van der Waals surface area contributed by atoms with Gasteiger partial charge in [-0.15, -0.1) is 0 Å². The molecule has 1 atom stereocenters. The number of fused-ring (bicyclic) bond motifs is 1. The topological polar surface area (TPSA) is 105 Å². The predicted molar refractivity (Wildman–Crippen MR) is 102 cm³/mol. The van der Waals surface area contributed by atoms with Gasteiger partial charge in [-0.05, 0) is 39.7 Å². The van der Waals surface area contributed by atoms with Crippen LogP contribution in [0.2, 0.25) is 0 Å². The first-order valence-electron chi connectivity index (χ1n) is 8.99. The average molecular weight is 375 g/mol. The van der Waals surface area contributed by atoms with E-state index >= 15 is 0 Å². The number of ether oxygens (including phenoxy) is 1. The lowest BCUT2D eigenvalue weighted by Gasteiger charge is -2.38. The molecule has 27 heavy (non-hydrogen) atoms. The third-order valence-corrected chi connectivity index (χ3v) is 4.59. The van der Waals surface area contributed by atoms with Gasteiger partial charge in [-0.1, -0.05) is 0 Å². The van der Waals surface area contributed by atoms with Crippen LogP contribution in [0.15, 0.2) is 18.2 Å². The van der Waals surface area contributed by atoms with Crippen molar-refractivity contribution in [1.29, 1.82) is 0 Å². The molecule has 0 saturated carbocycles. The van der Waals surface area contributed by atoms with Crippen LogP contribution in [-0.2, 0) is 4.74 Å². The number of nitrogens with one attached hydrogen (secondary N) is 1. The smallest absolute Gasteiger partial charge is 0.410 e. The van der Waals surface area contributed by atoms with E-state index in [1.807, 2.05) is 32.7 Å². The Kier molecular flexibility index (Phi) is 4.95. The molecule has 2 heterocycles. The van der Waals surface area contributed by atoms with Crippen molar-refractivity contribution in [3.8, 4) is 0 Å². The number of H-pyrrole nitrogens is 1. The number of likely N-dealkylation sites (N-methyl/N-ethyl adjacent to an activating group) is 1. The summed E-state index contributed by atoms with van der Waals surface area (Å²) >= 11 is 0. The molecule has 1 N–H and O–H groups in total. The number of imidazole rings is 1. The highest BCUT2D eigenvalue weighted by Gasteiger charge is 2.30. The first kappa shape index (κ1) is 18.9. The summed E-state index contributed by atoms with van der Waals surface area (Å²) < 4.78 is 5.48. The van der Waals surface area contributed by atoms with Gasteiger partial charge in [0.15, 0.2) is 0 Å². The Labute approximate surface area is 157 Å². The Hall–Kier alpha value is -2.84. The molecule has 0 bridgehead atoms. The number of nitro benzene ring substituents is 1. The van der Waals surface area contributed by atoms with Crippen LogP contribution in [0.25, 0.3) is 11.0 Å². The SMILES string of the molecule is CN(c1nc2ccc([N+](=O)[O-])cc2[nH]1)[C@H]1CCCN(C(=O)OC(C)(C)C)C1. The third kappa shape index (κ3) is 4.29. The Balaban J connectivity index is 1.74. The first-order chi connectivity index (χ1) is 12.6. The second-order valence-electron chi connectivity index (χ2n) is 7.85. The number of rotatable bonds is 3. The molecule has 1 saturated heterocycles. The van der Waals surface area contributed by atoms with Crippen LogP contribution >= 0.6 is 0 Å². The summed E-state index contributed by atoms with van der Waals surface area (Å²) in [6.07, 6.45) is 1.49. The predicted octanol–water partition coefficient (Wildman–Crippen LogP) is 3.31. The fourth-order valence-electron chi connectivity index (χ4n) is 3.20. The summed E-state index contributed by atoms with van der Waals surface area (Å²) in [5, 5.41) is 10.9. The van der Waals surface area contributed by atoms with Gasteiger partial charge in [0.05, 0.1) is 16.0 Å². The standard InChI is InChI=1S/C18H25N5O4/c1-18(2,3)27-17(24)22-9-5-6-13(11-22)21(4)16-19-14-8-7-12(23(25)26)10-15(14)20-16/h7-8,10,13H,5-6,9,11H2,1-4H3,(H,19,20)/t13-/m0/s1. The summed E-state index contributed by atoms with van der Waals surface area (Å²) in [5.74, 6) is 0.626. The number of likely N-dealkylation sites (tertiary alicyclic amines) is 1. The number of aromatic amines is 1. The van der Waals surface area contributed by atoms with Crippen LogP contribution in [0, 0.1) is 10.1 Å². The molecule has 1 aliphatic heterocycles. The fraction of sp³-hybridized carbons (Fsp3) is 0.556. The average Bonchev–Trinajstić information content (AvgIpc) is 3.02. The number of non-ortho nitro benzene ring substituents is 1. The number of anilines is 1. The first-order valence-corrected chi connectivity index (χ1v) is 8.99. The van der Waals surface area contributed by atoms with Gasteiger partial charge in [0.25, 0.3) is 5.69 Å². The minimum atomic E-state index is -0.524. The molecule has 1 fully saturated rings. The zero-order valence-corrected chi connectivity index (χ0v) is 16.1. The Morgan fingerprint density at radius 3 is 2.85 bits per heavy atom. The maximum atomic E-state index is 12.4. The summed E-state index contributed by atoms with van der Waals surface area (Å²) in [6.45, 7) is 6.78. The van der Waals surface area contributed by atoms with E-state index in [2.05, 4.69) is 9.97 Å². The molecule has 3 rings (SSSR count). The van der Waals surface area contributed by atoms with Crippen LogP contribution in [0.4, 0.5) is 16.4 Å². The van der Waals surface area contributed by atoms with Crippen LogP contribution in [0.3, 0.4) is 0 Å². The van der Waals surface area contributed by atoms with E-state index in [0.29, 0.717) is 30.1 Å². The van der Waals surface area contributed by atoms with Crippen molar-refractivity contribution in [3.05, 3.63) is 28.3 Å². The molecule has 146 valence electrons. The number of nitrogens with zero attached hydrogens (tertiary/aromatic N) is 4. The Morgan fingerprint density at radius 1 is 1.44 bits per heavy atom. The monoisotopic (exact) mass is 375 g/mol. The van der Waals surface area contributed by atoms with Gasteiger partial charge in [-0.2, -0.15) is 0 Å². The van der Waals surface area contributed by atoms with Gasteiger partial charge < -0.3 is 19.5 Å². The van der Waals surface area contributed by atoms with E-state index in [9.17, 15) is 14.9 Å². The van der Waals surface area contributed by atoms with Gasteiger partial charge in [-0.3, -0.25) is 10.1 Å². The van der Waals surface area contributed by atoms with Gasteiger partial charge in [-0.25, -0.2) is 9.78 Å². The van der Waals surface area contributed by atoms with E-state index in [1.165, 1.54) is 12.1 Å². The summed E-state index contributed by atoms with van der Waals surface area (Å²) in [5.41, 5.74) is 0.783. The van der Waals surface area contributed by atoms with E-state index < -0.39 is 10.5 Å². The van der Waals surface area contributed by atoms with Crippen molar-refractivity contribution < 1.29 is 14.5 Å². The molecular weight excluding hydrogens is 350 g/mol. The second-order valence-corrected chi connectivity index (χ2v) is 7.85. The number of carbonyl (C=O) groups excluding carboxylic acids is 1. The Bertz CT molecular complexity index is 857. The molecule has 1 aromatic carbocycles. The maximum absolute atomic E-state index is 12.4. The van der Waals surface area contributed by atoms with Crippen LogP contribution in [0.1, 0.15) is 33.6 Å². The highest BCUT2D eigenvalue weighted by molar-refractivity contribution is 5.80. The quantitative estimate of drug-likeness (QED) is 0.652. The lowest BCUT2D eigenvalue weighted by molar-refractivity contribution is -0.384. The number of benzene rings is 1. The zero-order chi connectivity index (χ0) is 19.8. The van der Waals surface area contributed by atoms with Crippen molar-refractivity contribution in [2.24, 2.45) is 0 Å². The molecule has 9 heteroatoms. The van der Waals surface area contributed by atoms with Gasteiger partial charge >= 0.3 is 6.09 Å². The van der Waals surface area contributed by atoms with Gasteiger partial charge in [0, 0.05) is 38.3 Å². The lowest BCUT2D eigenvalue weighted by Crippen LogP contribution is -2.50. The molecule has 1 amide bonds. The number of hydrogen-bond acceptors (Lipinski definition) is 6. The minimum Gasteiger partial charge on any atom is -0.444 e. The van der Waals surface area contributed by atoms with Crippen molar-refractivity contribution in [3.63, 3.8) is 0 Å². The Morgan fingerprint density at radius 2 is 2.19 bits per heavy atom. The number of carbonyl (C=O) groups is 1. The molecule has 2 aromatic rings. The fourth-order valence-corrected chi connectivity index (χ4v) is 3.20. The molecule has 9 nitrogen and oxygen atoms in total. The molecule has 1 aliphatic rings. The number of amides is 1. The minimum absolute atomic E-state index is 0.0223. The highest BCUT2D eigenvalue weighted by Crippen LogP contribution is 2.25. The van der Waals surface area contributed by atoms with Crippen molar-refractivity contribution in [2.45, 2.75) is 45.3 Å². The molecule has 0 aliphatic carbocycles. The van der Waals surface area contributed by atoms with Crippen molar-refractivity contribution in [1.82, 2.24) is 14.9 Å². The molecule has 0 radical (unpaired) electrons. The van der Waals surface area contributed by atoms with Crippen LogP contribution < -0.4 is 4.90 Å². The van der Waals surface area contributed by atoms with E-state index in [0.717, 1.165) is 12.8 Å². The second kappa shape index (κ2) is 7.05. The van der Waals surface area contributed by atoms with Gasteiger partial charge in [0.1, 0.15) is 5.60 Å². The van der Waals surface area contributed by atoms with Crippen molar-refractivity contribution in [2.75, 3.05) is 25.0 Å². The normalized spacial score (nSPS) is 17.8. The maximum Gasteiger partial charge on any atom is 0.410 e. The van der Waals surface area contributed by atoms with E-state index in [1.54, 1.807) is 11.0 Å². The number of piperidine rings is 1. The number of nitro groups is 1. The molecular formula is C18H25N5O4. The largest absolute Gasteiger partial charge is 0.444 e. The molecule has 0 spiro atoms. The third-order valence-electron chi connectivity index (χ3n) is 4.59. The number of aromatic nitrogens is 2. The summed E-state index contributed by atoms with van der Waals surface area (Å²) in [7, 11) is 1.91. The molecule has 0 unspecified atom stereocenters. The van der Waals surface area contributed by atoms with E-state index in [-0.39, 0.29) is 17.8 Å².